The van der Waals surface area contributed by atoms with Crippen LogP contribution in [0.1, 0.15) is 11.1 Å². The first kappa shape index (κ1) is 15.5. The summed E-state index contributed by atoms with van der Waals surface area (Å²) in [5.41, 5.74) is 2.01. The van der Waals surface area contributed by atoms with Crippen LogP contribution in [0.3, 0.4) is 0 Å². The van der Waals surface area contributed by atoms with E-state index in [0.717, 1.165) is 16.9 Å². The van der Waals surface area contributed by atoms with Crippen molar-refractivity contribution in [2.45, 2.75) is 13.0 Å². The number of ether oxygens (including phenoxy) is 1. The molecule has 0 fully saturated rings. The fraction of sp³-hybridized carbons (Fsp3) is 0.333. The van der Waals surface area contributed by atoms with E-state index >= 15 is 0 Å². The molecule has 2 aromatic rings. The van der Waals surface area contributed by atoms with Gasteiger partial charge in [0.15, 0.2) is 0 Å². The molecular formula is C18H20N2O3. The maximum atomic E-state index is 12.8. The van der Waals surface area contributed by atoms with Crippen LogP contribution in [0.2, 0.25) is 0 Å². The van der Waals surface area contributed by atoms with Gasteiger partial charge in [0.05, 0.1) is 12.5 Å². The van der Waals surface area contributed by atoms with E-state index in [9.17, 15) is 9.90 Å². The maximum Gasteiger partial charge on any atom is 0.229 e. The number of aliphatic hydroxyl groups excluding tert-OH is 1. The first-order valence-electron chi connectivity index (χ1n) is 7.77. The van der Waals surface area contributed by atoms with Crippen LogP contribution in [0, 0.1) is 5.92 Å². The van der Waals surface area contributed by atoms with E-state index < -0.39 is 0 Å². The van der Waals surface area contributed by atoms with Crippen LogP contribution < -0.4 is 4.74 Å². The van der Waals surface area contributed by atoms with Gasteiger partial charge in [-0.15, -0.1) is 0 Å². The molecule has 0 saturated carbocycles. The summed E-state index contributed by atoms with van der Waals surface area (Å²) >= 11 is 0. The number of amides is 1. The Hall–Kier alpha value is -2.40. The SMILES string of the molecule is O=C(C1COc2ccccc2C1)N(CCO)Cc1cccnc1. The Kier molecular flexibility index (Phi) is 4.88. The summed E-state index contributed by atoms with van der Waals surface area (Å²) in [4.78, 5) is 18.6. The van der Waals surface area contributed by atoms with Crippen molar-refractivity contribution in [1.82, 2.24) is 9.88 Å². The Labute approximate surface area is 135 Å². The minimum Gasteiger partial charge on any atom is -0.492 e. The van der Waals surface area contributed by atoms with Crippen LogP contribution in [0.25, 0.3) is 0 Å². The third kappa shape index (κ3) is 3.68. The second kappa shape index (κ2) is 7.24. The number of aromatic nitrogens is 1. The molecular weight excluding hydrogens is 292 g/mol. The molecule has 1 atom stereocenters. The zero-order chi connectivity index (χ0) is 16.1. The fourth-order valence-electron chi connectivity index (χ4n) is 2.84. The number of hydrogen-bond acceptors (Lipinski definition) is 4. The number of para-hydroxylation sites is 1. The first-order valence-corrected chi connectivity index (χ1v) is 7.77. The van der Waals surface area contributed by atoms with E-state index in [4.69, 9.17) is 4.74 Å². The van der Waals surface area contributed by atoms with E-state index in [1.54, 1.807) is 17.3 Å². The second-order valence-corrected chi connectivity index (χ2v) is 5.66. The first-order chi connectivity index (χ1) is 11.3. The number of rotatable bonds is 5. The molecule has 0 radical (unpaired) electrons. The summed E-state index contributed by atoms with van der Waals surface area (Å²) in [6.07, 6.45) is 4.11. The molecule has 0 aliphatic carbocycles. The van der Waals surface area contributed by atoms with Crippen molar-refractivity contribution in [3.8, 4) is 5.75 Å². The maximum absolute atomic E-state index is 12.8. The molecule has 5 nitrogen and oxygen atoms in total. The van der Waals surface area contributed by atoms with E-state index in [1.807, 2.05) is 36.4 Å². The quantitative estimate of drug-likeness (QED) is 0.912. The molecule has 1 unspecified atom stereocenters. The predicted octanol–water partition coefficient (Wildman–Crippen LogP) is 1.65. The topological polar surface area (TPSA) is 62.7 Å². The Morgan fingerprint density at radius 1 is 1.30 bits per heavy atom. The van der Waals surface area contributed by atoms with Crippen molar-refractivity contribution in [2.75, 3.05) is 19.8 Å². The Bertz CT molecular complexity index is 660. The van der Waals surface area contributed by atoms with E-state index in [-0.39, 0.29) is 18.4 Å². The molecule has 3 rings (SSSR count). The second-order valence-electron chi connectivity index (χ2n) is 5.66. The number of aliphatic hydroxyl groups is 1. The zero-order valence-corrected chi connectivity index (χ0v) is 12.9. The number of pyridine rings is 1. The lowest BCUT2D eigenvalue weighted by Crippen LogP contribution is -2.41. The van der Waals surface area contributed by atoms with Gasteiger partial charge in [-0.2, -0.15) is 0 Å². The standard InChI is InChI=1S/C18H20N2O3/c21-9-8-20(12-14-4-3-7-19-11-14)18(22)16-10-15-5-1-2-6-17(15)23-13-16/h1-7,11,16,21H,8-10,12-13H2. The molecule has 1 aliphatic rings. The number of carbonyl (C=O) groups is 1. The highest BCUT2D eigenvalue weighted by Gasteiger charge is 2.29. The minimum atomic E-state index is -0.215. The molecule has 1 N–H and O–H groups in total. The van der Waals surface area contributed by atoms with Gasteiger partial charge >= 0.3 is 0 Å². The zero-order valence-electron chi connectivity index (χ0n) is 12.9. The highest BCUT2D eigenvalue weighted by atomic mass is 16.5. The predicted molar refractivity (Wildman–Crippen MR) is 85.9 cm³/mol. The highest BCUT2D eigenvalue weighted by Crippen LogP contribution is 2.28. The molecule has 1 amide bonds. The summed E-state index contributed by atoms with van der Waals surface area (Å²) in [7, 11) is 0. The van der Waals surface area contributed by atoms with E-state index in [0.29, 0.717) is 26.1 Å². The van der Waals surface area contributed by atoms with E-state index in [2.05, 4.69) is 4.98 Å². The molecule has 0 spiro atoms. The molecule has 5 heteroatoms. The number of hydrogen-bond donors (Lipinski definition) is 1. The van der Waals surface area contributed by atoms with Crippen LogP contribution in [0.15, 0.2) is 48.8 Å². The molecule has 0 saturated heterocycles. The third-order valence-corrected chi connectivity index (χ3v) is 4.01. The van der Waals surface area contributed by atoms with Gasteiger partial charge in [0.25, 0.3) is 0 Å². The van der Waals surface area contributed by atoms with Crippen molar-refractivity contribution < 1.29 is 14.6 Å². The molecule has 2 heterocycles. The Morgan fingerprint density at radius 3 is 2.96 bits per heavy atom. The Balaban J connectivity index is 1.71. The minimum absolute atomic E-state index is 0.0115. The van der Waals surface area contributed by atoms with Crippen molar-refractivity contribution in [3.63, 3.8) is 0 Å². The van der Waals surface area contributed by atoms with Crippen LogP contribution in [-0.4, -0.2) is 40.7 Å². The average Bonchev–Trinajstić information content (AvgIpc) is 2.61. The molecule has 1 aromatic carbocycles. The lowest BCUT2D eigenvalue weighted by Gasteiger charge is -2.30. The fourth-order valence-corrected chi connectivity index (χ4v) is 2.84. The van der Waals surface area contributed by atoms with Crippen LogP contribution in [0.5, 0.6) is 5.75 Å². The lowest BCUT2D eigenvalue weighted by atomic mass is 9.95. The highest BCUT2D eigenvalue weighted by molar-refractivity contribution is 5.79. The summed E-state index contributed by atoms with van der Waals surface area (Å²) in [5, 5.41) is 9.28. The molecule has 1 aromatic heterocycles. The van der Waals surface area contributed by atoms with Crippen LogP contribution in [0.4, 0.5) is 0 Å². The van der Waals surface area contributed by atoms with Gasteiger partial charge in [0.2, 0.25) is 5.91 Å². The summed E-state index contributed by atoms with van der Waals surface area (Å²) in [6, 6.07) is 11.6. The van der Waals surface area contributed by atoms with Crippen molar-refractivity contribution in [3.05, 3.63) is 59.9 Å². The van der Waals surface area contributed by atoms with Crippen LogP contribution >= 0.6 is 0 Å². The summed E-state index contributed by atoms with van der Waals surface area (Å²) < 4.78 is 5.71. The number of benzene rings is 1. The van der Waals surface area contributed by atoms with Gasteiger partial charge in [0.1, 0.15) is 12.4 Å². The average molecular weight is 312 g/mol. The van der Waals surface area contributed by atoms with E-state index in [1.165, 1.54) is 0 Å². The van der Waals surface area contributed by atoms with Gasteiger partial charge in [-0.05, 0) is 29.7 Å². The largest absolute Gasteiger partial charge is 0.492 e. The van der Waals surface area contributed by atoms with Gasteiger partial charge in [0, 0.05) is 25.5 Å². The van der Waals surface area contributed by atoms with Crippen molar-refractivity contribution in [2.24, 2.45) is 5.92 Å². The molecule has 0 bridgehead atoms. The number of carbonyl (C=O) groups excluding carboxylic acids is 1. The normalized spacial score (nSPS) is 16.3. The van der Waals surface area contributed by atoms with Crippen molar-refractivity contribution >= 4 is 5.91 Å². The van der Waals surface area contributed by atoms with Gasteiger partial charge < -0.3 is 14.7 Å². The third-order valence-electron chi connectivity index (χ3n) is 4.01. The molecule has 23 heavy (non-hydrogen) atoms. The van der Waals surface area contributed by atoms with Gasteiger partial charge in [-0.3, -0.25) is 9.78 Å². The van der Waals surface area contributed by atoms with Gasteiger partial charge in [-0.1, -0.05) is 24.3 Å². The van der Waals surface area contributed by atoms with Crippen molar-refractivity contribution in [1.29, 1.82) is 0 Å². The van der Waals surface area contributed by atoms with Crippen LogP contribution in [-0.2, 0) is 17.8 Å². The molecule has 120 valence electrons. The monoisotopic (exact) mass is 312 g/mol. The summed E-state index contributed by atoms with van der Waals surface area (Å²) in [5.74, 6) is 0.656. The smallest absolute Gasteiger partial charge is 0.229 e. The number of fused-ring (bicyclic) bond motifs is 1. The molecule has 1 aliphatic heterocycles. The lowest BCUT2D eigenvalue weighted by molar-refractivity contribution is -0.138. The Morgan fingerprint density at radius 2 is 2.17 bits per heavy atom. The van der Waals surface area contributed by atoms with Gasteiger partial charge in [-0.25, -0.2) is 0 Å². The number of nitrogens with zero attached hydrogens (tertiary/aromatic N) is 2. The summed E-state index contributed by atoms with van der Waals surface area (Å²) in [6.45, 7) is 1.08.